The molecule has 5 heteroatoms. The fraction of sp³-hybridized carbons (Fsp3) is 0.308. The zero-order valence-electron chi connectivity index (χ0n) is 9.80. The van der Waals surface area contributed by atoms with Gasteiger partial charge in [0.15, 0.2) is 5.43 Å². The maximum Gasteiger partial charge on any atom is 0.196 e. The van der Waals surface area contributed by atoms with Crippen molar-refractivity contribution < 1.29 is 19.0 Å². The van der Waals surface area contributed by atoms with Gasteiger partial charge in [-0.25, -0.2) is 0 Å². The molecule has 0 bridgehead atoms. The van der Waals surface area contributed by atoms with Gasteiger partial charge in [0.05, 0.1) is 6.61 Å². The van der Waals surface area contributed by atoms with Crippen LogP contribution < -0.4 is 10.2 Å². The summed E-state index contributed by atoms with van der Waals surface area (Å²) >= 11 is 0. The molecule has 1 aromatic carbocycles. The maximum atomic E-state index is 11.7. The van der Waals surface area contributed by atoms with Gasteiger partial charge in [0.2, 0.25) is 0 Å². The number of rotatable bonds is 3. The summed E-state index contributed by atoms with van der Waals surface area (Å²) in [6.45, 7) is 2.82. The Bertz CT molecular complexity index is 654. The second-order valence-corrected chi connectivity index (χ2v) is 4.30. The molecule has 3 rings (SSSR count). The maximum absolute atomic E-state index is 11.7. The normalized spacial score (nSPS) is 17.9. The van der Waals surface area contributed by atoms with E-state index in [9.17, 15) is 9.90 Å². The summed E-state index contributed by atoms with van der Waals surface area (Å²) < 4.78 is 15.9. The van der Waals surface area contributed by atoms with Crippen LogP contribution >= 0.6 is 0 Å². The summed E-state index contributed by atoms with van der Waals surface area (Å²) in [5.74, 6) is 0.826. The van der Waals surface area contributed by atoms with Crippen LogP contribution in [-0.2, 0) is 4.74 Å². The number of fused-ring (bicyclic) bond motifs is 1. The summed E-state index contributed by atoms with van der Waals surface area (Å²) in [4.78, 5) is 11.7. The molecule has 18 heavy (non-hydrogen) atoms. The van der Waals surface area contributed by atoms with E-state index in [1.165, 1.54) is 12.1 Å². The highest BCUT2D eigenvalue weighted by molar-refractivity contribution is 5.84. The molecule has 1 aliphatic rings. The van der Waals surface area contributed by atoms with Crippen molar-refractivity contribution in [1.29, 1.82) is 0 Å². The molecule has 1 aromatic heterocycles. The quantitative estimate of drug-likeness (QED) is 0.835. The van der Waals surface area contributed by atoms with E-state index in [1.807, 2.05) is 0 Å². The second-order valence-electron chi connectivity index (χ2n) is 4.30. The number of ether oxygens (including phenoxy) is 2. The van der Waals surface area contributed by atoms with Crippen molar-refractivity contribution in [3.8, 4) is 11.5 Å². The lowest BCUT2D eigenvalue weighted by Crippen LogP contribution is -2.05. The van der Waals surface area contributed by atoms with E-state index in [0.717, 1.165) is 0 Å². The molecule has 94 valence electrons. The molecule has 1 aliphatic heterocycles. The fourth-order valence-electron chi connectivity index (χ4n) is 1.80. The Balaban J connectivity index is 2.04. The Hall–Kier alpha value is -2.01. The number of phenolic OH excluding ortho intramolecular Hbond substituents is 1. The van der Waals surface area contributed by atoms with E-state index in [4.69, 9.17) is 13.9 Å². The zero-order chi connectivity index (χ0) is 12.7. The average Bonchev–Trinajstić information content (AvgIpc) is 3.08. The minimum atomic E-state index is -0.261. The topological polar surface area (TPSA) is 72.2 Å². The lowest BCUT2D eigenvalue weighted by atomic mass is 10.2. The first-order valence-electron chi connectivity index (χ1n) is 5.65. The van der Waals surface area contributed by atoms with Crippen molar-refractivity contribution >= 4 is 11.0 Å². The SMILES string of the molecule is Cc1cc(=O)c2c(O)cc(OC[C@H]3CO3)cc2o1. The van der Waals surface area contributed by atoms with Crippen molar-refractivity contribution in [3.05, 3.63) is 34.2 Å². The molecule has 1 N–H and O–H groups in total. The number of phenols is 1. The smallest absolute Gasteiger partial charge is 0.196 e. The molecule has 1 fully saturated rings. The molecule has 0 radical (unpaired) electrons. The van der Waals surface area contributed by atoms with Gasteiger partial charge in [0.25, 0.3) is 0 Å². The number of epoxide rings is 1. The Kier molecular flexibility index (Phi) is 2.48. The largest absolute Gasteiger partial charge is 0.507 e. The molecule has 0 amide bonds. The summed E-state index contributed by atoms with van der Waals surface area (Å²) in [5.41, 5.74) is 0.0649. The van der Waals surface area contributed by atoms with Crippen LogP contribution in [0.25, 0.3) is 11.0 Å². The summed E-state index contributed by atoms with van der Waals surface area (Å²) in [7, 11) is 0. The number of benzene rings is 1. The Labute approximate surface area is 103 Å². The Morgan fingerprint density at radius 1 is 1.44 bits per heavy atom. The molecule has 0 saturated carbocycles. The Morgan fingerprint density at radius 3 is 2.94 bits per heavy atom. The van der Waals surface area contributed by atoms with Crippen molar-refractivity contribution in [2.24, 2.45) is 0 Å². The first-order valence-corrected chi connectivity index (χ1v) is 5.65. The highest BCUT2D eigenvalue weighted by Crippen LogP contribution is 2.29. The predicted octanol–water partition coefficient (Wildman–Crippen LogP) is 1.58. The van der Waals surface area contributed by atoms with Crippen LogP contribution in [0.2, 0.25) is 0 Å². The van der Waals surface area contributed by atoms with Crippen LogP contribution in [0.5, 0.6) is 11.5 Å². The summed E-state index contributed by atoms with van der Waals surface area (Å²) in [6.07, 6.45) is 0.132. The van der Waals surface area contributed by atoms with E-state index < -0.39 is 0 Å². The lowest BCUT2D eigenvalue weighted by Gasteiger charge is -2.07. The van der Waals surface area contributed by atoms with Gasteiger partial charge in [-0.15, -0.1) is 0 Å². The molecular formula is C13H12O5. The van der Waals surface area contributed by atoms with Crippen molar-refractivity contribution in [3.63, 3.8) is 0 Å². The highest BCUT2D eigenvalue weighted by atomic mass is 16.6. The molecule has 0 aliphatic carbocycles. The van der Waals surface area contributed by atoms with E-state index in [1.54, 1.807) is 13.0 Å². The molecule has 5 nitrogen and oxygen atoms in total. The minimum absolute atomic E-state index is 0.132. The Morgan fingerprint density at radius 2 is 2.22 bits per heavy atom. The van der Waals surface area contributed by atoms with E-state index in [0.29, 0.717) is 30.3 Å². The average molecular weight is 248 g/mol. The molecular weight excluding hydrogens is 236 g/mol. The first kappa shape index (κ1) is 11.1. The van der Waals surface area contributed by atoms with Crippen LogP contribution in [0, 0.1) is 6.92 Å². The van der Waals surface area contributed by atoms with Gasteiger partial charge in [-0.1, -0.05) is 0 Å². The van der Waals surface area contributed by atoms with Crippen LogP contribution in [0.3, 0.4) is 0 Å². The van der Waals surface area contributed by atoms with Crippen LogP contribution in [0.1, 0.15) is 5.76 Å². The fourth-order valence-corrected chi connectivity index (χ4v) is 1.80. The molecule has 0 spiro atoms. The van der Waals surface area contributed by atoms with Gasteiger partial charge in [-0.3, -0.25) is 4.79 Å². The molecule has 0 unspecified atom stereocenters. The summed E-state index contributed by atoms with van der Waals surface area (Å²) in [5, 5.41) is 10.0. The van der Waals surface area contributed by atoms with Crippen molar-refractivity contribution in [2.75, 3.05) is 13.2 Å². The number of aromatic hydroxyl groups is 1. The van der Waals surface area contributed by atoms with Gasteiger partial charge in [0, 0.05) is 18.2 Å². The highest BCUT2D eigenvalue weighted by Gasteiger charge is 2.23. The molecule has 2 aromatic rings. The second kappa shape index (κ2) is 4.03. The monoisotopic (exact) mass is 248 g/mol. The van der Waals surface area contributed by atoms with E-state index in [-0.39, 0.29) is 22.7 Å². The van der Waals surface area contributed by atoms with Gasteiger partial charge in [0.1, 0.15) is 40.9 Å². The van der Waals surface area contributed by atoms with Crippen LogP contribution in [0.4, 0.5) is 0 Å². The van der Waals surface area contributed by atoms with Crippen molar-refractivity contribution in [1.82, 2.24) is 0 Å². The van der Waals surface area contributed by atoms with Gasteiger partial charge < -0.3 is 19.0 Å². The lowest BCUT2D eigenvalue weighted by molar-refractivity contribution is 0.262. The van der Waals surface area contributed by atoms with Gasteiger partial charge >= 0.3 is 0 Å². The number of hydrogen-bond acceptors (Lipinski definition) is 5. The number of aryl methyl sites for hydroxylation is 1. The van der Waals surface area contributed by atoms with Crippen molar-refractivity contribution in [2.45, 2.75) is 13.0 Å². The predicted molar refractivity (Wildman–Crippen MR) is 64.1 cm³/mol. The third-order valence-electron chi connectivity index (χ3n) is 2.74. The zero-order valence-corrected chi connectivity index (χ0v) is 9.80. The van der Waals surface area contributed by atoms with E-state index in [2.05, 4.69) is 0 Å². The van der Waals surface area contributed by atoms with Crippen LogP contribution in [-0.4, -0.2) is 24.4 Å². The van der Waals surface area contributed by atoms with Gasteiger partial charge in [-0.05, 0) is 6.92 Å². The number of hydrogen-bond donors (Lipinski definition) is 1. The van der Waals surface area contributed by atoms with Crippen LogP contribution in [0.15, 0.2) is 27.4 Å². The third kappa shape index (κ3) is 2.04. The third-order valence-corrected chi connectivity index (χ3v) is 2.74. The summed E-state index contributed by atoms with van der Waals surface area (Å²) in [6, 6.07) is 4.36. The van der Waals surface area contributed by atoms with E-state index >= 15 is 0 Å². The minimum Gasteiger partial charge on any atom is -0.507 e. The van der Waals surface area contributed by atoms with Gasteiger partial charge in [-0.2, -0.15) is 0 Å². The standard InChI is InChI=1S/C13H12O5/c1-7-2-10(14)13-11(15)3-8(4-12(13)18-7)16-5-9-6-17-9/h2-4,9,15H,5-6H2,1H3/t9-/m0/s1. The molecule has 2 heterocycles. The first-order chi connectivity index (χ1) is 8.63. The molecule has 1 atom stereocenters. The molecule has 1 saturated heterocycles.